The van der Waals surface area contributed by atoms with Crippen molar-refractivity contribution in [2.75, 3.05) is 11.1 Å². The number of hydrogen-bond acceptors (Lipinski definition) is 4. The second-order valence-corrected chi connectivity index (χ2v) is 6.81. The van der Waals surface area contributed by atoms with E-state index in [0.29, 0.717) is 17.7 Å². The molecule has 5 nitrogen and oxygen atoms in total. The highest BCUT2D eigenvalue weighted by Crippen LogP contribution is 2.37. The number of nitrogens with one attached hydrogen (secondary N) is 1. The summed E-state index contributed by atoms with van der Waals surface area (Å²) in [6, 6.07) is 8.54. The van der Waals surface area contributed by atoms with Gasteiger partial charge in [-0.05, 0) is 36.5 Å². The number of anilines is 1. The third-order valence-corrected chi connectivity index (χ3v) is 4.63. The summed E-state index contributed by atoms with van der Waals surface area (Å²) < 4.78 is 2.06. The predicted molar refractivity (Wildman–Crippen MR) is 88.2 cm³/mol. The molecule has 1 amide bonds. The smallest absolute Gasteiger partial charge is 0.234 e. The molecule has 1 aliphatic carbocycles. The number of carbonyl (C=O) groups is 1. The Balaban J connectivity index is 1.52. The summed E-state index contributed by atoms with van der Waals surface area (Å²) >= 11 is 1.43. The number of aromatic nitrogens is 3. The first-order valence-corrected chi connectivity index (χ1v) is 8.54. The van der Waals surface area contributed by atoms with E-state index in [1.807, 2.05) is 12.1 Å². The summed E-state index contributed by atoms with van der Waals surface area (Å²) in [5, 5.41) is 11.8. The Labute approximate surface area is 134 Å². The Hall–Kier alpha value is -1.82. The zero-order valence-corrected chi connectivity index (χ0v) is 13.6. The lowest BCUT2D eigenvalue weighted by atomic mass is 10.0. The molecule has 0 bridgehead atoms. The standard InChI is InChI=1S/C16H20N4OS/c1-11(2)12-3-5-13(6-4-12)18-15(21)9-22-16-19-17-10-20(16)14-7-8-14/h3-6,10-11,14H,7-9H2,1-2H3,(H,18,21). The lowest BCUT2D eigenvalue weighted by Gasteiger charge is -2.08. The van der Waals surface area contributed by atoms with Crippen molar-refractivity contribution in [3.05, 3.63) is 36.2 Å². The molecule has 1 fully saturated rings. The van der Waals surface area contributed by atoms with Gasteiger partial charge in [0.05, 0.1) is 5.75 Å². The molecule has 0 aliphatic heterocycles. The Morgan fingerprint density at radius 2 is 2.09 bits per heavy atom. The molecule has 1 heterocycles. The summed E-state index contributed by atoms with van der Waals surface area (Å²) in [6.45, 7) is 4.31. The van der Waals surface area contributed by atoms with Gasteiger partial charge in [0.2, 0.25) is 5.91 Å². The average molecular weight is 316 g/mol. The number of amides is 1. The van der Waals surface area contributed by atoms with Gasteiger partial charge in [0, 0.05) is 11.7 Å². The van der Waals surface area contributed by atoms with E-state index >= 15 is 0 Å². The average Bonchev–Trinajstić information content (AvgIpc) is 3.24. The molecule has 2 aromatic rings. The van der Waals surface area contributed by atoms with E-state index in [1.54, 1.807) is 6.33 Å². The quantitative estimate of drug-likeness (QED) is 0.829. The van der Waals surface area contributed by atoms with Crippen molar-refractivity contribution in [3.8, 4) is 0 Å². The van der Waals surface area contributed by atoms with Gasteiger partial charge in [-0.25, -0.2) is 0 Å². The Morgan fingerprint density at radius 3 is 2.73 bits per heavy atom. The topological polar surface area (TPSA) is 59.8 Å². The SMILES string of the molecule is CC(C)c1ccc(NC(=O)CSc2nncn2C2CC2)cc1. The van der Waals surface area contributed by atoms with E-state index in [1.165, 1.54) is 30.2 Å². The molecule has 1 aromatic heterocycles. The predicted octanol–water partition coefficient (Wildman–Crippen LogP) is 3.47. The number of hydrogen-bond donors (Lipinski definition) is 1. The van der Waals surface area contributed by atoms with E-state index < -0.39 is 0 Å². The Morgan fingerprint density at radius 1 is 1.36 bits per heavy atom. The minimum Gasteiger partial charge on any atom is -0.325 e. The monoisotopic (exact) mass is 316 g/mol. The van der Waals surface area contributed by atoms with Gasteiger partial charge in [0.25, 0.3) is 0 Å². The second kappa shape index (κ2) is 6.52. The third kappa shape index (κ3) is 3.68. The van der Waals surface area contributed by atoms with Crippen molar-refractivity contribution in [3.63, 3.8) is 0 Å². The van der Waals surface area contributed by atoms with Crippen LogP contribution in [0, 0.1) is 0 Å². The van der Waals surface area contributed by atoms with Crippen molar-refractivity contribution in [1.82, 2.24) is 14.8 Å². The number of carbonyl (C=O) groups excluding carboxylic acids is 1. The molecule has 0 spiro atoms. The fourth-order valence-corrected chi connectivity index (χ4v) is 3.00. The molecule has 1 N–H and O–H groups in total. The first-order valence-electron chi connectivity index (χ1n) is 7.55. The first-order chi connectivity index (χ1) is 10.6. The molecule has 0 unspecified atom stereocenters. The second-order valence-electron chi connectivity index (χ2n) is 5.87. The Kier molecular flexibility index (Phi) is 4.47. The molecule has 1 aliphatic rings. The molecule has 1 aromatic carbocycles. The fraction of sp³-hybridized carbons (Fsp3) is 0.438. The lowest BCUT2D eigenvalue weighted by Crippen LogP contribution is -2.14. The third-order valence-electron chi connectivity index (χ3n) is 3.67. The van der Waals surface area contributed by atoms with Gasteiger partial charge in [-0.2, -0.15) is 0 Å². The van der Waals surface area contributed by atoms with Crippen molar-refractivity contribution in [1.29, 1.82) is 0 Å². The normalized spacial score (nSPS) is 14.3. The van der Waals surface area contributed by atoms with E-state index in [-0.39, 0.29) is 5.91 Å². The molecule has 116 valence electrons. The van der Waals surface area contributed by atoms with Gasteiger partial charge >= 0.3 is 0 Å². The largest absolute Gasteiger partial charge is 0.325 e. The molecule has 0 saturated heterocycles. The first kappa shape index (κ1) is 15.1. The minimum absolute atomic E-state index is 0.0207. The van der Waals surface area contributed by atoms with Crippen LogP contribution in [0.4, 0.5) is 5.69 Å². The van der Waals surface area contributed by atoms with Gasteiger partial charge in [0.15, 0.2) is 5.16 Å². The highest BCUT2D eigenvalue weighted by molar-refractivity contribution is 7.99. The molecular formula is C16H20N4OS. The molecule has 6 heteroatoms. The molecule has 0 radical (unpaired) electrons. The van der Waals surface area contributed by atoms with Gasteiger partial charge in [0.1, 0.15) is 6.33 Å². The van der Waals surface area contributed by atoms with Gasteiger partial charge < -0.3 is 9.88 Å². The van der Waals surface area contributed by atoms with Crippen molar-refractivity contribution < 1.29 is 4.79 Å². The zero-order chi connectivity index (χ0) is 15.5. The van der Waals surface area contributed by atoms with Crippen LogP contribution in [-0.2, 0) is 4.79 Å². The summed E-state index contributed by atoms with van der Waals surface area (Å²) in [6.07, 6.45) is 4.11. The zero-order valence-electron chi connectivity index (χ0n) is 12.8. The van der Waals surface area contributed by atoms with Crippen LogP contribution in [0.3, 0.4) is 0 Å². The highest BCUT2D eigenvalue weighted by atomic mass is 32.2. The number of benzene rings is 1. The van der Waals surface area contributed by atoms with Crippen molar-refractivity contribution in [2.45, 2.75) is 43.8 Å². The van der Waals surface area contributed by atoms with Gasteiger partial charge in [-0.15, -0.1) is 10.2 Å². The number of rotatable bonds is 6. The minimum atomic E-state index is -0.0207. The van der Waals surface area contributed by atoms with Gasteiger partial charge in [-0.1, -0.05) is 37.7 Å². The molecule has 0 atom stereocenters. The molecule has 1 saturated carbocycles. The van der Waals surface area contributed by atoms with Crippen LogP contribution in [0.15, 0.2) is 35.7 Å². The van der Waals surface area contributed by atoms with Crippen LogP contribution < -0.4 is 5.32 Å². The van der Waals surface area contributed by atoms with E-state index in [2.05, 4.69) is 46.1 Å². The van der Waals surface area contributed by atoms with Crippen molar-refractivity contribution >= 4 is 23.4 Å². The van der Waals surface area contributed by atoms with Crippen LogP contribution in [0.5, 0.6) is 0 Å². The maximum absolute atomic E-state index is 12.0. The van der Waals surface area contributed by atoms with Crippen molar-refractivity contribution in [2.24, 2.45) is 0 Å². The maximum atomic E-state index is 12.0. The van der Waals surface area contributed by atoms with Crippen LogP contribution in [-0.4, -0.2) is 26.4 Å². The van der Waals surface area contributed by atoms with E-state index in [4.69, 9.17) is 0 Å². The molecular weight excluding hydrogens is 296 g/mol. The summed E-state index contributed by atoms with van der Waals surface area (Å²) in [7, 11) is 0. The fourth-order valence-electron chi connectivity index (χ4n) is 2.22. The van der Waals surface area contributed by atoms with E-state index in [0.717, 1.165) is 10.8 Å². The highest BCUT2D eigenvalue weighted by Gasteiger charge is 2.26. The molecule has 3 rings (SSSR count). The summed E-state index contributed by atoms with van der Waals surface area (Å²) in [5.74, 6) is 0.818. The molecule has 22 heavy (non-hydrogen) atoms. The van der Waals surface area contributed by atoms with E-state index in [9.17, 15) is 4.79 Å². The number of thioether (sulfide) groups is 1. The van der Waals surface area contributed by atoms with Crippen LogP contribution in [0.1, 0.15) is 44.2 Å². The lowest BCUT2D eigenvalue weighted by molar-refractivity contribution is -0.113. The summed E-state index contributed by atoms with van der Waals surface area (Å²) in [4.78, 5) is 12.0. The van der Waals surface area contributed by atoms with Crippen LogP contribution in [0.2, 0.25) is 0 Å². The van der Waals surface area contributed by atoms with Crippen LogP contribution >= 0.6 is 11.8 Å². The summed E-state index contributed by atoms with van der Waals surface area (Å²) in [5.41, 5.74) is 2.10. The maximum Gasteiger partial charge on any atom is 0.234 e. The van der Waals surface area contributed by atoms with Gasteiger partial charge in [-0.3, -0.25) is 4.79 Å². The number of nitrogens with zero attached hydrogens (tertiary/aromatic N) is 3. The Bertz CT molecular complexity index is 646. The van der Waals surface area contributed by atoms with Crippen LogP contribution in [0.25, 0.3) is 0 Å².